The van der Waals surface area contributed by atoms with Crippen LogP contribution in [0.5, 0.6) is 11.8 Å². The highest BCUT2D eigenvalue weighted by atomic mass is 19.1. The van der Waals surface area contributed by atoms with E-state index in [1.165, 1.54) is 30.5 Å². The fourth-order valence-corrected chi connectivity index (χ4v) is 8.16. The van der Waals surface area contributed by atoms with Gasteiger partial charge in [0.1, 0.15) is 34.8 Å². The number of nitrogens with zero attached hydrogens (tertiary/aromatic N) is 7. The molecule has 2 unspecified atom stereocenters. The number of amides is 2. The van der Waals surface area contributed by atoms with Crippen LogP contribution in [-0.4, -0.2) is 112 Å². The number of piperidine rings is 1. The Hall–Kier alpha value is -4.83. The van der Waals surface area contributed by atoms with Crippen LogP contribution in [0.25, 0.3) is 32.9 Å². The van der Waals surface area contributed by atoms with Gasteiger partial charge in [-0.25, -0.2) is 18.0 Å². The summed E-state index contributed by atoms with van der Waals surface area (Å²) in [4.78, 5) is 34.9. The first-order chi connectivity index (χ1) is 24.5. The molecule has 1 N–H and O–H groups in total. The predicted octanol–water partition coefficient (Wildman–Crippen LogP) is 5.74. The van der Waals surface area contributed by atoms with E-state index >= 15 is 4.39 Å². The zero-order valence-electron chi connectivity index (χ0n) is 28.7. The number of alkyl halides is 1. The number of pyridine rings is 1. The molecule has 2 atom stereocenters. The van der Waals surface area contributed by atoms with E-state index in [1.54, 1.807) is 19.0 Å². The maximum atomic E-state index is 17.0. The van der Waals surface area contributed by atoms with Gasteiger partial charge in [0.05, 0.1) is 29.6 Å². The first-order valence-electron chi connectivity index (χ1n) is 17.6. The quantitative estimate of drug-likeness (QED) is 0.244. The average Bonchev–Trinajstić information content (AvgIpc) is 3.83. The molecule has 0 radical (unpaired) electrons. The van der Waals surface area contributed by atoms with Crippen molar-refractivity contribution in [1.29, 1.82) is 0 Å². The lowest BCUT2D eigenvalue weighted by Crippen LogP contribution is -2.58. The number of anilines is 1. The minimum Gasteiger partial charge on any atom is -0.508 e. The Kier molecular flexibility index (Phi) is 8.32. The fraction of sp³-hybridized carbons (Fsp3) is 0.474. The second-order valence-electron chi connectivity index (χ2n) is 14.8. The number of terminal acetylenes is 1. The van der Waals surface area contributed by atoms with E-state index < -0.39 is 17.8 Å². The summed E-state index contributed by atoms with van der Waals surface area (Å²) in [6.45, 7) is 3.50. The van der Waals surface area contributed by atoms with Crippen molar-refractivity contribution >= 4 is 33.5 Å². The second-order valence-corrected chi connectivity index (χ2v) is 14.8. The Labute approximate surface area is 294 Å². The minimum absolute atomic E-state index is 0.0116. The third-order valence-electron chi connectivity index (χ3n) is 11.0. The van der Waals surface area contributed by atoms with E-state index in [1.807, 2.05) is 4.90 Å². The maximum Gasteiger partial charge on any atom is 0.320 e. The molecule has 4 fully saturated rings. The van der Waals surface area contributed by atoms with Gasteiger partial charge >= 0.3 is 12.0 Å². The number of phenols is 1. The topological polar surface area (TPSA) is 98.2 Å². The summed E-state index contributed by atoms with van der Waals surface area (Å²) in [5, 5.41) is 11.6. The van der Waals surface area contributed by atoms with Gasteiger partial charge in [0, 0.05) is 69.4 Å². The lowest BCUT2D eigenvalue weighted by Gasteiger charge is -2.42. The van der Waals surface area contributed by atoms with E-state index in [0.29, 0.717) is 62.2 Å². The van der Waals surface area contributed by atoms with Crippen molar-refractivity contribution in [3.63, 3.8) is 0 Å². The van der Waals surface area contributed by atoms with Crippen molar-refractivity contribution in [2.75, 3.05) is 58.3 Å². The standard InChI is InChI=1S/C38H40F3N7O3/c1-4-27-30(40)8-5-22-15-26(49)16-28(31(22)27)33-32(41)34-29(17-42-33)35(47-18-24-6-7-25(19-47)48(24)37(50)45(2)3)44-36(43-34)51-21-38(11-12-38)20-46-13-9-23(39)10-14-46/h1,5,8,15-17,23-25,49H,6-7,9-14,18-21H2,2-3H3. The van der Waals surface area contributed by atoms with Crippen LogP contribution in [0.15, 0.2) is 30.5 Å². The number of carbonyl (C=O) groups excluding carboxylic acids is 1. The smallest absolute Gasteiger partial charge is 0.320 e. The molecule has 266 valence electrons. The fourth-order valence-electron chi connectivity index (χ4n) is 8.16. The highest BCUT2D eigenvalue weighted by Gasteiger charge is 2.46. The highest BCUT2D eigenvalue weighted by molar-refractivity contribution is 6.03. The number of halogens is 3. The number of hydrogen-bond donors (Lipinski definition) is 1. The van der Waals surface area contributed by atoms with Gasteiger partial charge < -0.3 is 29.4 Å². The molecular formula is C38H40F3N7O3. The Morgan fingerprint density at radius 1 is 1.10 bits per heavy atom. The van der Waals surface area contributed by atoms with Gasteiger partial charge in [0.25, 0.3) is 0 Å². The van der Waals surface area contributed by atoms with Crippen molar-refractivity contribution < 1.29 is 27.8 Å². The molecule has 1 aliphatic carbocycles. The molecule has 1 saturated carbocycles. The summed E-state index contributed by atoms with van der Waals surface area (Å²) in [6, 6.07) is 5.31. The molecule has 2 aromatic carbocycles. The third kappa shape index (κ3) is 6.03. The number of phenolic OH excluding ortho intramolecular Hbond substituents is 1. The van der Waals surface area contributed by atoms with Crippen molar-refractivity contribution in [2.45, 2.75) is 56.8 Å². The highest BCUT2D eigenvalue weighted by Crippen LogP contribution is 2.47. The number of aromatic hydroxyl groups is 1. The molecule has 2 amide bonds. The molecule has 3 aliphatic heterocycles. The van der Waals surface area contributed by atoms with Crippen LogP contribution in [0.4, 0.5) is 23.8 Å². The molecule has 4 aromatic rings. The summed E-state index contributed by atoms with van der Waals surface area (Å²) < 4.78 is 52.0. The predicted molar refractivity (Wildman–Crippen MR) is 187 cm³/mol. The molecule has 2 bridgehead atoms. The second kappa shape index (κ2) is 12.7. The molecule has 10 nitrogen and oxygen atoms in total. The average molecular weight is 700 g/mol. The lowest BCUT2D eigenvalue weighted by molar-refractivity contribution is 0.107. The Morgan fingerprint density at radius 3 is 2.49 bits per heavy atom. The number of fused-ring (bicyclic) bond motifs is 4. The van der Waals surface area contributed by atoms with Crippen LogP contribution >= 0.6 is 0 Å². The summed E-state index contributed by atoms with van der Waals surface area (Å²) >= 11 is 0. The summed E-state index contributed by atoms with van der Waals surface area (Å²) in [5.41, 5.74) is -0.247. The monoisotopic (exact) mass is 699 g/mol. The maximum absolute atomic E-state index is 17.0. The number of ether oxygens (including phenoxy) is 1. The van der Waals surface area contributed by atoms with Crippen molar-refractivity contribution in [3.8, 4) is 35.4 Å². The zero-order chi connectivity index (χ0) is 35.6. The van der Waals surface area contributed by atoms with Gasteiger partial charge in [-0.2, -0.15) is 9.97 Å². The summed E-state index contributed by atoms with van der Waals surface area (Å²) in [6.07, 6.45) is 11.1. The van der Waals surface area contributed by atoms with Gasteiger partial charge in [0.15, 0.2) is 5.82 Å². The van der Waals surface area contributed by atoms with Gasteiger partial charge in [-0.3, -0.25) is 4.98 Å². The number of hydrogen-bond acceptors (Lipinski definition) is 8. The van der Waals surface area contributed by atoms with Crippen LogP contribution in [0, 0.1) is 29.4 Å². The first kappa shape index (κ1) is 33.3. The largest absolute Gasteiger partial charge is 0.508 e. The van der Waals surface area contributed by atoms with Crippen molar-refractivity contribution in [2.24, 2.45) is 5.41 Å². The molecule has 8 rings (SSSR count). The van der Waals surface area contributed by atoms with Crippen LogP contribution in [0.2, 0.25) is 0 Å². The Bertz CT molecular complexity index is 2060. The first-order valence-corrected chi connectivity index (χ1v) is 17.6. The number of piperazine rings is 1. The minimum atomic E-state index is -0.792. The molecule has 4 aliphatic rings. The number of carbonyl (C=O) groups is 1. The van der Waals surface area contributed by atoms with Crippen molar-refractivity contribution in [1.82, 2.24) is 29.7 Å². The number of likely N-dealkylation sites (tertiary alicyclic amines) is 1. The van der Waals surface area contributed by atoms with Gasteiger partial charge in [-0.1, -0.05) is 12.0 Å². The van der Waals surface area contributed by atoms with Crippen LogP contribution < -0.4 is 9.64 Å². The Balaban J connectivity index is 1.20. The van der Waals surface area contributed by atoms with E-state index in [0.717, 1.165) is 32.2 Å². The van der Waals surface area contributed by atoms with Crippen LogP contribution in [0.1, 0.15) is 44.1 Å². The van der Waals surface area contributed by atoms with E-state index in [2.05, 4.69) is 25.7 Å². The number of benzene rings is 2. The number of urea groups is 1. The van der Waals surface area contributed by atoms with Gasteiger partial charge in [-0.15, -0.1) is 6.42 Å². The van der Waals surface area contributed by atoms with Crippen LogP contribution in [0.3, 0.4) is 0 Å². The van der Waals surface area contributed by atoms with Gasteiger partial charge in [-0.05, 0) is 62.1 Å². The van der Waals surface area contributed by atoms with E-state index in [9.17, 15) is 18.7 Å². The summed E-state index contributed by atoms with van der Waals surface area (Å²) in [7, 11) is 3.49. The van der Waals surface area contributed by atoms with E-state index in [4.69, 9.17) is 16.1 Å². The number of aromatic nitrogens is 3. The molecular weight excluding hydrogens is 659 g/mol. The third-order valence-corrected chi connectivity index (χ3v) is 11.0. The molecule has 13 heteroatoms. The molecule has 51 heavy (non-hydrogen) atoms. The molecule has 3 saturated heterocycles. The van der Waals surface area contributed by atoms with Gasteiger partial charge in [0.2, 0.25) is 0 Å². The Morgan fingerprint density at radius 2 is 1.82 bits per heavy atom. The zero-order valence-corrected chi connectivity index (χ0v) is 28.7. The number of rotatable bonds is 7. The van der Waals surface area contributed by atoms with Crippen molar-refractivity contribution in [3.05, 3.63) is 47.7 Å². The van der Waals surface area contributed by atoms with Crippen LogP contribution in [-0.2, 0) is 0 Å². The SMILES string of the molecule is C#Cc1c(F)ccc2cc(O)cc(-c3ncc4c(N5CC6CCC(C5)N6C(=O)N(C)C)nc(OCC5(CN6CCC(F)CC6)CC5)nc4c3F)c12. The normalized spacial score (nSPS) is 21.6. The molecule has 2 aromatic heterocycles. The summed E-state index contributed by atoms with van der Waals surface area (Å²) in [5.74, 6) is 1.22. The molecule has 5 heterocycles. The lowest BCUT2D eigenvalue weighted by atomic mass is 9.96. The van der Waals surface area contributed by atoms with E-state index in [-0.39, 0.29) is 63.0 Å². The molecule has 0 spiro atoms.